The third-order valence-corrected chi connectivity index (χ3v) is 3.07. The van der Waals surface area contributed by atoms with Crippen LogP contribution in [0.25, 0.3) is 0 Å². The van der Waals surface area contributed by atoms with Crippen LogP contribution in [-0.2, 0) is 11.0 Å². The second-order valence-electron chi connectivity index (χ2n) is 3.61. The summed E-state index contributed by atoms with van der Waals surface area (Å²) in [7, 11) is 1.38. The van der Waals surface area contributed by atoms with Gasteiger partial charge in [0.05, 0.1) is 10.6 Å². The van der Waals surface area contributed by atoms with Crippen LogP contribution in [0.3, 0.4) is 0 Å². The van der Waals surface area contributed by atoms with E-state index < -0.39 is 23.7 Å². The van der Waals surface area contributed by atoms with Crippen LogP contribution in [0.4, 0.5) is 18.0 Å². The van der Waals surface area contributed by atoms with E-state index in [1.54, 1.807) is 0 Å². The minimum atomic E-state index is -4.41. The second kappa shape index (κ2) is 7.13. The number of thioether (sulfide) groups is 1. The Bertz CT molecular complexity index is 477. The molecule has 0 saturated heterocycles. The van der Waals surface area contributed by atoms with E-state index in [-0.39, 0.29) is 6.42 Å². The first-order valence-corrected chi connectivity index (χ1v) is 6.49. The number of carbonyl (C=O) groups is 2. The zero-order valence-electron chi connectivity index (χ0n) is 10.5. The summed E-state index contributed by atoms with van der Waals surface area (Å²) in [6, 6.07) is 1.57. The Kier molecular flexibility index (Phi) is 5.81. The fourth-order valence-corrected chi connectivity index (χ4v) is 1.92. The molecule has 110 valence electrons. The van der Waals surface area contributed by atoms with Crippen LogP contribution >= 0.6 is 11.8 Å². The normalized spacial score (nSPS) is 11.0. The molecule has 1 rings (SSSR count). The van der Waals surface area contributed by atoms with E-state index in [2.05, 4.69) is 15.6 Å². The number of alkyl halides is 3. The molecule has 9 heteroatoms. The molecule has 0 aliphatic carbocycles. The van der Waals surface area contributed by atoms with Gasteiger partial charge in [0.15, 0.2) is 0 Å². The number of carbonyl (C=O) groups excluding carboxylic acids is 2. The topological polar surface area (TPSA) is 71.1 Å². The number of urea groups is 1. The molecule has 1 aromatic heterocycles. The van der Waals surface area contributed by atoms with Crippen molar-refractivity contribution < 1.29 is 22.8 Å². The van der Waals surface area contributed by atoms with E-state index in [1.807, 2.05) is 0 Å². The predicted molar refractivity (Wildman–Crippen MR) is 67.2 cm³/mol. The third-order valence-electron chi connectivity index (χ3n) is 2.12. The van der Waals surface area contributed by atoms with Gasteiger partial charge in [-0.05, 0) is 12.1 Å². The average Bonchev–Trinajstić information content (AvgIpc) is 2.38. The first-order chi connectivity index (χ1) is 9.32. The number of rotatable bonds is 4. The molecular formula is C11H12F3N3O2S. The van der Waals surface area contributed by atoms with Crippen LogP contribution in [0.1, 0.15) is 12.0 Å². The molecular weight excluding hydrogens is 295 g/mol. The summed E-state index contributed by atoms with van der Waals surface area (Å²) in [5.41, 5.74) is -0.820. The fraction of sp³-hybridized carbons (Fsp3) is 0.364. The maximum Gasteiger partial charge on any atom is 0.417 e. The lowest BCUT2D eigenvalue weighted by atomic mass is 10.3. The largest absolute Gasteiger partial charge is 0.417 e. The molecule has 1 aromatic rings. The van der Waals surface area contributed by atoms with Crippen LogP contribution < -0.4 is 10.6 Å². The molecule has 2 N–H and O–H groups in total. The molecule has 0 unspecified atom stereocenters. The average molecular weight is 307 g/mol. The Hall–Kier alpha value is -1.77. The Morgan fingerprint density at radius 3 is 2.55 bits per heavy atom. The van der Waals surface area contributed by atoms with Crippen molar-refractivity contribution in [2.24, 2.45) is 0 Å². The minimum absolute atomic E-state index is 0.0563. The summed E-state index contributed by atoms with van der Waals surface area (Å²) in [5.74, 6) is -0.162. The summed E-state index contributed by atoms with van der Waals surface area (Å²) >= 11 is 1.13. The van der Waals surface area contributed by atoms with Crippen molar-refractivity contribution in [3.8, 4) is 0 Å². The molecule has 0 fully saturated rings. The highest BCUT2D eigenvalue weighted by Crippen LogP contribution is 2.29. The zero-order valence-corrected chi connectivity index (χ0v) is 11.3. The van der Waals surface area contributed by atoms with E-state index in [0.29, 0.717) is 10.8 Å². The number of aromatic nitrogens is 1. The third kappa shape index (κ3) is 5.47. The van der Waals surface area contributed by atoms with Gasteiger partial charge in [-0.3, -0.25) is 10.1 Å². The zero-order chi connectivity index (χ0) is 15.2. The van der Waals surface area contributed by atoms with E-state index in [0.717, 1.165) is 24.0 Å². The molecule has 5 nitrogen and oxygen atoms in total. The molecule has 3 amide bonds. The van der Waals surface area contributed by atoms with Gasteiger partial charge in [-0.1, -0.05) is 0 Å². The lowest BCUT2D eigenvalue weighted by Crippen LogP contribution is -2.37. The highest BCUT2D eigenvalue weighted by molar-refractivity contribution is 7.99. The van der Waals surface area contributed by atoms with Crippen LogP contribution in [0.5, 0.6) is 0 Å². The molecule has 0 radical (unpaired) electrons. The molecule has 0 spiro atoms. The van der Waals surface area contributed by atoms with Crippen LogP contribution in [-0.4, -0.2) is 29.7 Å². The Labute approximate surface area is 117 Å². The van der Waals surface area contributed by atoms with Crippen LogP contribution in [0.2, 0.25) is 0 Å². The van der Waals surface area contributed by atoms with Crippen molar-refractivity contribution in [2.45, 2.75) is 17.6 Å². The number of nitrogens with zero attached hydrogens (tertiary/aromatic N) is 1. The number of halogens is 3. The van der Waals surface area contributed by atoms with Crippen molar-refractivity contribution >= 4 is 23.7 Å². The summed E-state index contributed by atoms with van der Waals surface area (Å²) in [6.07, 6.45) is -3.61. The Balaban J connectivity index is 2.39. The fourth-order valence-electron chi connectivity index (χ4n) is 1.13. The molecule has 0 bridgehead atoms. The first kappa shape index (κ1) is 16.3. The molecule has 0 aliphatic rings. The lowest BCUT2D eigenvalue weighted by Gasteiger charge is -2.06. The summed E-state index contributed by atoms with van der Waals surface area (Å²) in [6.45, 7) is 0. The van der Waals surface area contributed by atoms with Gasteiger partial charge in [0.2, 0.25) is 5.91 Å². The van der Waals surface area contributed by atoms with Crippen molar-refractivity contribution in [3.05, 3.63) is 23.9 Å². The van der Waals surface area contributed by atoms with Crippen molar-refractivity contribution in [1.29, 1.82) is 0 Å². The van der Waals surface area contributed by atoms with Gasteiger partial charge < -0.3 is 5.32 Å². The Morgan fingerprint density at radius 2 is 2.05 bits per heavy atom. The van der Waals surface area contributed by atoms with Gasteiger partial charge in [-0.2, -0.15) is 13.2 Å². The molecule has 20 heavy (non-hydrogen) atoms. The van der Waals surface area contributed by atoms with Gasteiger partial charge >= 0.3 is 12.2 Å². The van der Waals surface area contributed by atoms with Crippen LogP contribution in [0, 0.1) is 0 Å². The van der Waals surface area contributed by atoms with Gasteiger partial charge in [0, 0.05) is 25.4 Å². The van der Waals surface area contributed by atoms with Crippen molar-refractivity contribution in [3.63, 3.8) is 0 Å². The van der Waals surface area contributed by atoms with Crippen molar-refractivity contribution in [2.75, 3.05) is 12.8 Å². The smallest absolute Gasteiger partial charge is 0.341 e. The summed E-state index contributed by atoms with van der Waals surface area (Å²) < 4.78 is 36.9. The molecule has 0 saturated carbocycles. The number of imide groups is 1. The monoisotopic (exact) mass is 307 g/mol. The molecule has 0 aromatic carbocycles. The molecule has 1 heterocycles. The van der Waals surface area contributed by atoms with Crippen molar-refractivity contribution in [1.82, 2.24) is 15.6 Å². The molecule has 0 aliphatic heterocycles. The molecule has 0 atom stereocenters. The number of pyridine rings is 1. The second-order valence-corrected chi connectivity index (χ2v) is 4.72. The summed E-state index contributed by atoms with van der Waals surface area (Å²) in [4.78, 5) is 25.7. The highest BCUT2D eigenvalue weighted by atomic mass is 32.2. The maximum absolute atomic E-state index is 12.3. The van der Waals surface area contributed by atoms with E-state index in [9.17, 15) is 22.8 Å². The quantitative estimate of drug-likeness (QED) is 0.835. The van der Waals surface area contributed by atoms with Gasteiger partial charge in [0.1, 0.15) is 0 Å². The highest BCUT2D eigenvalue weighted by Gasteiger charge is 2.30. The number of amides is 3. The summed E-state index contributed by atoms with van der Waals surface area (Å²) in [5, 5.41) is 4.68. The van der Waals surface area contributed by atoms with Gasteiger partial charge in [-0.15, -0.1) is 11.8 Å². The SMILES string of the molecule is CNC(=O)NC(=O)CCSc1ccc(C(F)(F)F)cn1. The maximum atomic E-state index is 12.3. The van der Waals surface area contributed by atoms with Gasteiger partial charge in [0.25, 0.3) is 0 Å². The number of nitrogens with one attached hydrogen (secondary N) is 2. The minimum Gasteiger partial charge on any atom is -0.341 e. The Morgan fingerprint density at radius 1 is 1.35 bits per heavy atom. The first-order valence-electron chi connectivity index (χ1n) is 5.50. The number of hydrogen-bond acceptors (Lipinski definition) is 4. The van der Waals surface area contributed by atoms with E-state index in [4.69, 9.17) is 0 Å². The van der Waals surface area contributed by atoms with E-state index >= 15 is 0 Å². The lowest BCUT2D eigenvalue weighted by molar-refractivity contribution is -0.137. The van der Waals surface area contributed by atoms with E-state index in [1.165, 1.54) is 13.1 Å². The predicted octanol–water partition coefficient (Wildman–Crippen LogP) is 2.04. The standard InChI is InChI=1S/C11H12F3N3O2S/c1-15-10(19)17-8(18)4-5-20-9-3-2-7(6-16-9)11(12,13)14/h2-3,6H,4-5H2,1H3,(H2,15,17,18,19). The van der Waals surface area contributed by atoms with Crippen LogP contribution in [0.15, 0.2) is 23.4 Å². The number of hydrogen-bond donors (Lipinski definition) is 2. The van der Waals surface area contributed by atoms with Gasteiger partial charge in [-0.25, -0.2) is 9.78 Å².